The molecule has 0 heterocycles. The maximum absolute atomic E-state index is 11.6. The van der Waals surface area contributed by atoms with Crippen LogP contribution in [-0.4, -0.2) is 30.6 Å². The highest BCUT2D eigenvalue weighted by molar-refractivity contribution is 6.30. The SMILES string of the molecule is CC(CN(C)C)C(O)(c1ccc(Cl)cc1)C1CCCCC1. The molecule has 1 saturated carbocycles. The molecule has 118 valence electrons. The van der Waals surface area contributed by atoms with E-state index >= 15 is 0 Å². The Hall–Kier alpha value is -0.570. The molecule has 0 amide bonds. The van der Waals surface area contributed by atoms with E-state index in [0.29, 0.717) is 5.92 Å². The normalized spacial score (nSPS) is 21.2. The molecule has 1 aliphatic rings. The van der Waals surface area contributed by atoms with E-state index in [2.05, 4.69) is 25.9 Å². The molecular weight excluding hydrogens is 282 g/mol. The molecule has 0 aromatic heterocycles. The highest BCUT2D eigenvalue weighted by atomic mass is 35.5. The van der Waals surface area contributed by atoms with Gasteiger partial charge >= 0.3 is 0 Å². The maximum Gasteiger partial charge on any atom is 0.0962 e. The summed E-state index contributed by atoms with van der Waals surface area (Å²) in [6.07, 6.45) is 6.01. The minimum absolute atomic E-state index is 0.191. The van der Waals surface area contributed by atoms with Crippen LogP contribution in [0.15, 0.2) is 24.3 Å². The quantitative estimate of drug-likeness (QED) is 0.876. The van der Waals surface area contributed by atoms with Crippen molar-refractivity contribution >= 4 is 11.6 Å². The number of halogens is 1. The van der Waals surface area contributed by atoms with Crippen molar-refractivity contribution < 1.29 is 5.11 Å². The first-order valence-corrected chi connectivity index (χ1v) is 8.45. The smallest absolute Gasteiger partial charge is 0.0962 e. The van der Waals surface area contributed by atoms with Gasteiger partial charge in [0.25, 0.3) is 0 Å². The van der Waals surface area contributed by atoms with Gasteiger partial charge in [-0.25, -0.2) is 0 Å². The van der Waals surface area contributed by atoms with Gasteiger partial charge in [-0.15, -0.1) is 0 Å². The average Bonchev–Trinajstić information content (AvgIpc) is 2.47. The Balaban J connectivity index is 2.34. The molecule has 0 aliphatic heterocycles. The van der Waals surface area contributed by atoms with Gasteiger partial charge in [-0.05, 0) is 50.6 Å². The second-order valence-electron chi connectivity index (χ2n) is 6.83. The van der Waals surface area contributed by atoms with Crippen molar-refractivity contribution in [1.29, 1.82) is 0 Å². The second-order valence-corrected chi connectivity index (χ2v) is 7.27. The average molecular weight is 310 g/mol. The monoisotopic (exact) mass is 309 g/mol. The van der Waals surface area contributed by atoms with Crippen LogP contribution in [0.3, 0.4) is 0 Å². The molecule has 1 aromatic carbocycles. The van der Waals surface area contributed by atoms with Gasteiger partial charge in [0.05, 0.1) is 5.60 Å². The summed E-state index contributed by atoms with van der Waals surface area (Å²) in [6, 6.07) is 7.80. The molecule has 2 nitrogen and oxygen atoms in total. The molecule has 2 atom stereocenters. The molecule has 0 bridgehead atoms. The predicted octanol–water partition coefficient (Wildman–Crippen LogP) is 4.31. The number of hydrogen-bond acceptors (Lipinski definition) is 2. The standard InChI is InChI=1S/C18H28ClNO/c1-14(13-20(2)3)18(21,15-7-5-4-6-8-15)16-9-11-17(19)12-10-16/h9-12,14-15,21H,4-8,13H2,1-3H3. The summed E-state index contributed by atoms with van der Waals surface area (Å²) in [7, 11) is 4.14. The maximum atomic E-state index is 11.6. The van der Waals surface area contributed by atoms with Gasteiger partial charge in [-0.2, -0.15) is 0 Å². The largest absolute Gasteiger partial charge is 0.385 e. The van der Waals surface area contributed by atoms with Gasteiger partial charge in [-0.3, -0.25) is 0 Å². The third-order valence-electron chi connectivity index (χ3n) is 4.92. The molecule has 1 aromatic rings. The lowest BCUT2D eigenvalue weighted by atomic mass is 9.67. The van der Waals surface area contributed by atoms with Gasteiger partial charge in [0.15, 0.2) is 0 Å². The minimum Gasteiger partial charge on any atom is -0.385 e. The number of rotatable bonds is 5. The second kappa shape index (κ2) is 7.13. The van der Waals surface area contributed by atoms with Crippen molar-refractivity contribution in [2.75, 3.05) is 20.6 Å². The summed E-state index contributed by atoms with van der Waals surface area (Å²) in [6.45, 7) is 3.05. The first-order valence-electron chi connectivity index (χ1n) is 8.07. The Morgan fingerprint density at radius 2 is 1.76 bits per heavy atom. The number of nitrogens with zero attached hydrogens (tertiary/aromatic N) is 1. The predicted molar refractivity (Wildman–Crippen MR) is 89.6 cm³/mol. The molecular formula is C18H28ClNO. The van der Waals surface area contributed by atoms with Crippen molar-refractivity contribution in [3.63, 3.8) is 0 Å². The van der Waals surface area contributed by atoms with Crippen LogP contribution in [0.25, 0.3) is 0 Å². The van der Waals surface area contributed by atoms with Crippen molar-refractivity contribution in [3.8, 4) is 0 Å². The molecule has 2 rings (SSSR count). The van der Waals surface area contributed by atoms with Crippen molar-refractivity contribution in [2.24, 2.45) is 11.8 Å². The van der Waals surface area contributed by atoms with Gasteiger partial charge in [0.2, 0.25) is 0 Å². The summed E-state index contributed by atoms with van der Waals surface area (Å²) in [4.78, 5) is 2.16. The highest BCUT2D eigenvalue weighted by Crippen LogP contribution is 2.44. The number of aliphatic hydroxyl groups is 1. The number of hydrogen-bond donors (Lipinski definition) is 1. The van der Waals surface area contributed by atoms with E-state index in [1.165, 1.54) is 19.3 Å². The fourth-order valence-electron chi connectivity index (χ4n) is 3.87. The zero-order valence-electron chi connectivity index (χ0n) is 13.5. The zero-order chi connectivity index (χ0) is 15.5. The topological polar surface area (TPSA) is 23.5 Å². The molecule has 3 heteroatoms. The molecule has 0 saturated heterocycles. The molecule has 1 fully saturated rings. The van der Waals surface area contributed by atoms with E-state index in [9.17, 15) is 5.11 Å². The lowest BCUT2D eigenvalue weighted by Gasteiger charge is -2.44. The Kier molecular flexibility index (Phi) is 5.70. The molecule has 2 unspecified atom stereocenters. The highest BCUT2D eigenvalue weighted by Gasteiger charge is 2.43. The van der Waals surface area contributed by atoms with Crippen LogP contribution in [-0.2, 0) is 5.60 Å². The van der Waals surface area contributed by atoms with Crippen LogP contribution in [0.5, 0.6) is 0 Å². The Morgan fingerprint density at radius 3 is 2.29 bits per heavy atom. The molecule has 21 heavy (non-hydrogen) atoms. The lowest BCUT2D eigenvalue weighted by molar-refractivity contribution is -0.0883. The van der Waals surface area contributed by atoms with Gasteiger partial charge in [-0.1, -0.05) is 49.9 Å². The zero-order valence-corrected chi connectivity index (χ0v) is 14.2. The third kappa shape index (κ3) is 3.80. The summed E-state index contributed by atoms with van der Waals surface area (Å²) < 4.78 is 0. The van der Waals surface area contributed by atoms with E-state index in [1.807, 2.05) is 24.3 Å². The van der Waals surface area contributed by atoms with Crippen LogP contribution < -0.4 is 0 Å². The first kappa shape index (κ1) is 16.8. The van der Waals surface area contributed by atoms with E-state index in [-0.39, 0.29) is 5.92 Å². The summed E-state index contributed by atoms with van der Waals surface area (Å²) in [5.74, 6) is 0.541. The van der Waals surface area contributed by atoms with Crippen LogP contribution >= 0.6 is 11.6 Å². The first-order chi connectivity index (χ1) is 9.94. The summed E-state index contributed by atoms with van der Waals surface area (Å²) >= 11 is 6.02. The molecule has 0 radical (unpaired) electrons. The van der Waals surface area contributed by atoms with Crippen molar-refractivity contribution in [1.82, 2.24) is 4.90 Å². The third-order valence-corrected chi connectivity index (χ3v) is 5.18. The molecule has 1 N–H and O–H groups in total. The van der Waals surface area contributed by atoms with Gasteiger partial charge in [0.1, 0.15) is 0 Å². The lowest BCUT2D eigenvalue weighted by Crippen LogP contribution is -2.45. The van der Waals surface area contributed by atoms with E-state index in [0.717, 1.165) is 30.0 Å². The fourth-order valence-corrected chi connectivity index (χ4v) is 4.00. The van der Waals surface area contributed by atoms with Crippen LogP contribution in [0.2, 0.25) is 5.02 Å². The Bertz CT molecular complexity index is 439. The van der Waals surface area contributed by atoms with Crippen LogP contribution in [0, 0.1) is 11.8 Å². The van der Waals surface area contributed by atoms with Crippen LogP contribution in [0.4, 0.5) is 0 Å². The summed E-state index contributed by atoms with van der Waals surface area (Å²) in [5.41, 5.74) is 0.267. The molecule has 0 spiro atoms. The summed E-state index contributed by atoms with van der Waals surface area (Å²) in [5, 5.41) is 12.4. The number of benzene rings is 1. The Morgan fingerprint density at radius 1 is 1.19 bits per heavy atom. The van der Waals surface area contributed by atoms with Crippen molar-refractivity contribution in [3.05, 3.63) is 34.9 Å². The Labute approximate surface area is 134 Å². The molecule has 1 aliphatic carbocycles. The van der Waals surface area contributed by atoms with Crippen molar-refractivity contribution in [2.45, 2.75) is 44.6 Å². The van der Waals surface area contributed by atoms with Gasteiger partial charge < -0.3 is 10.0 Å². The van der Waals surface area contributed by atoms with Crippen LogP contribution in [0.1, 0.15) is 44.6 Å². The van der Waals surface area contributed by atoms with E-state index < -0.39 is 5.60 Å². The van der Waals surface area contributed by atoms with E-state index in [1.54, 1.807) is 0 Å². The fraction of sp³-hybridized carbons (Fsp3) is 0.667. The minimum atomic E-state index is -0.755. The van der Waals surface area contributed by atoms with E-state index in [4.69, 9.17) is 11.6 Å². The van der Waals surface area contributed by atoms with Gasteiger partial charge in [0, 0.05) is 17.5 Å².